The maximum absolute atomic E-state index is 10.2. The first-order valence-corrected chi connectivity index (χ1v) is 4.84. The van der Waals surface area contributed by atoms with Crippen molar-refractivity contribution >= 4 is 12.3 Å². The number of rotatable bonds is 8. The molecule has 0 heterocycles. The Kier molecular flexibility index (Phi) is 7.26. The van der Waals surface area contributed by atoms with Gasteiger partial charge in [0.2, 0.25) is 0 Å². The fourth-order valence-corrected chi connectivity index (χ4v) is 1.16. The van der Waals surface area contributed by atoms with Crippen LogP contribution < -0.4 is 0 Å². The van der Waals surface area contributed by atoms with Gasteiger partial charge in [-0.05, 0) is 12.8 Å². The molecule has 1 atom stereocenters. The molecule has 0 bridgehead atoms. The molecule has 1 N–H and O–H groups in total. The van der Waals surface area contributed by atoms with Crippen molar-refractivity contribution in [2.24, 2.45) is 5.92 Å². The predicted octanol–water partition coefficient (Wildman–Crippen LogP) is 2.25. The van der Waals surface area contributed by atoms with E-state index in [9.17, 15) is 9.59 Å². The number of carbonyl (C=O) groups is 2. The molecule has 0 aromatic rings. The molecular weight excluding hydrogens is 168 g/mol. The average molecular weight is 186 g/mol. The van der Waals surface area contributed by atoms with E-state index in [1.54, 1.807) is 0 Å². The van der Waals surface area contributed by atoms with Gasteiger partial charge in [-0.3, -0.25) is 4.79 Å². The van der Waals surface area contributed by atoms with Crippen LogP contribution in [0.1, 0.15) is 45.4 Å². The average Bonchev–Trinajstić information content (AvgIpc) is 2.10. The van der Waals surface area contributed by atoms with Gasteiger partial charge in [0.15, 0.2) is 0 Å². The Bertz CT molecular complexity index is 154. The van der Waals surface area contributed by atoms with Crippen LogP contribution >= 0.6 is 0 Å². The summed E-state index contributed by atoms with van der Waals surface area (Å²) in [4.78, 5) is 20.4. The topological polar surface area (TPSA) is 54.4 Å². The third kappa shape index (κ3) is 9.05. The highest BCUT2D eigenvalue weighted by Crippen LogP contribution is 2.09. The number of unbranched alkanes of at least 4 members (excludes halogenated alkanes) is 3. The van der Waals surface area contributed by atoms with Crippen molar-refractivity contribution in [1.82, 2.24) is 0 Å². The molecule has 0 saturated carbocycles. The van der Waals surface area contributed by atoms with Crippen LogP contribution in [0.3, 0.4) is 0 Å². The van der Waals surface area contributed by atoms with E-state index in [4.69, 9.17) is 5.11 Å². The maximum atomic E-state index is 10.2. The summed E-state index contributed by atoms with van der Waals surface area (Å²) >= 11 is 0. The van der Waals surface area contributed by atoms with Crippen molar-refractivity contribution in [1.29, 1.82) is 0 Å². The summed E-state index contributed by atoms with van der Waals surface area (Å²) in [6.45, 7) is 1.91. The fraction of sp³-hybridized carbons (Fsp3) is 0.800. The van der Waals surface area contributed by atoms with Crippen LogP contribution in [-0.4, -0.2) is 17.4 Å². The molecule has 3 nitrogen and oxygen atoms in total. The molecule has 0 aliphatic carbocycles. The molecule has 1 unspecified atom stereocenters. The number of aldehydes is 1. The lowest BCUT2D eigenvalue weighted by atomic mass is 10.0. The summed E-state index contributed by atoms with van der Waals surface area (Å²) in [5.41, 5.74) is 0. The van der Waals surface area contributed by atoms with E-state index in [1.165, 1.54) is 0 Å². The highest BCUT2D eigenvalue weighted by molar-refractivity contribution is 5.66. The minimum absolute atomic E-state index is 0.152. The Morgan fingerprint density at radius 1 is 1.31 bits per heavy atom. The first kappa shape index (κ1) is 12.1. The van der Waals surface area contributed by atoms with Gasteiger partial charge in [-0.2, -0.15) is 0 Å². The molecular formula is C10H18O3. The fourth-order valence-electron chi connectivity index (χ4n) is 1.16. The van der Waals surface area contributed by atoms with Crippen molar-refractivity contribution in [3.8, 4) is 0 Å². The quantitative estimate of drug-likeness (QED) is 0.467. The molecule has 0 radical (unpaired) electrons. The normalized spacial score (nSPS) is 12.4. The Hall–Kier alpha value is -0.860. The van der Waals surface area contributed by atoms with Gasteiger partial charge in [0.25, 0.3) is 0 Å². The molecule has 0 fully saturated rings. The van der Waals surface area contributed by atoms with Crippen molar-refractivity contribution in [2.75, 3.05) is 0 Å². The van der Waals surface area contributed by atoms with Gasteiger partial charge in [0.1, 0.15) is 6.29 Å². The van der Waals surface area contributed by atoms with E-state index in [1.807, 2.05) is 6.92 Å². The maximum Gasteiger partial charge on any atom is 0.303 e. The van der Waals surface area contributed by atoms with Crippen LogP contribution in [-0.2, 0) is 9.59 Å². The summed E-state index contributed by atoms with van der Waals surface area (Å²) < 4.78 is 0. The monoisotopic (exact) mass is 186 g/mol. The minimum atomic E-state index is -0.721. The lowest BCUT2D eigenvalue weighted by molar-refractivity contribution is -0.137. The van der Waals surface area contributed by atoms with Crippen LogP contribution in [0.4, 0.5) is 0 Å². The van der Waals surface area contributed by atoms with E-state index in [0.29, 0.717) is 0 Å². The summed E-state index contributed by atoms with van der Waals surface area (Å²) in [6, 6.07) is 0. The third-order valence-electron chi connectivity index (χ3n) is 2.03. The van der Waals surface area contributed by atoms with E-state index in [-0.39, 0.29) is 12.3 Å². The molecule has 0 saturated heterocycles. The van der Waals surface area contributed by atoms with E-state index >= 15 is 0 Å². The molecule has 0 amide bonds. The van der Waals surface area contributed by atoms with Crippen molar-refractivity contribution in [3.63, 3.8) is 0 Å². The van der Waals surface area contributed by atoms with Gasteiger partial charge in [-0.25, -0.2) is 0 Å². The highest BCUT2D eigenvalue weighted by Gasteiger charge is 1.99. The predicted molar refractivity (Wildman–Crippen MR) is 50.6 cm³/mol. The van der Waals surface area contributed by atoms with E-state index < -0.39 is 5.97 Å². The van der Waals surface area contributed by atoms with Crippen LogP contribution in [0.2, 0.25) is 0 Å². The van der Waals surface area contributed by atoms with Crippen LogP contribution in [0.25, 0.3) is 0 Å². The molecule has 0 aliphatic rings. The zero-order valence-corrected chi connectivity index (χ0v) is 8.16. The molecule has 0 spiro atoms. The minimum Gasteiger partial charge on any atom is -0.481 e. The molecule has 0 rings (SSSR count). The van der Waals surface area contributed by atoms with Gasteiger partial charge in [0.05, 0.1) is 0 Å². The molecule has 3 heteroatoms. The van der Waals surface area contributed by atoms with Crippen molar-refractivity contribution in [2.45, 2.75) is 45.4 Å². The summed E-state index contributed by atoms with van der Waals surface area (Å²) in [5, 5.41) is 8.35. The lowest BCUT2D eigenvalue weighted by Gasteiger charge is -2.02. The Balaban J connectivity index is 3.08. The second-order valence-corrected chi connectivity index (χ2v) is 3.46. The standard InChI is InChI=1S/C10H18O3/c1-9(8-11)6-4-2-3-5-7-10(12)13/h8-9H,2-7H2,1H3,(H,12,13). The molecule has 0 aromatic heterocycles. The van der Waals surface area contributed by atoms with Crippen LogP contribution in [0.15, 0.2) is 0 Å². The van der Waals surface area contributed by atoms with Crippen LogP contribution in [0, 0.1) is 5.92 Å². The van der Waals surface area contributed by atoms with Crippen molar-refractivity contribution in [3.05, 3.63) is 0 Å². The second-order valence-electron chi connectivity index (χ2n) is 3.46. The zero-order chi connectivity index (χ0) is 10.1. The highest BCUT2D eigenvalue weighted by atomic mass is 16.4. The third-order valence-corrected chi connectivity index (χ3v) is 2.03. The van der Waals surface area contributed by atoms with Gasteiger partial charge < -0.3 is 9.90 Å². The Morgan fingerprint density at radius 3 is 2.46 bits per heavy atom. The number of carboxylic acids is 1. The molecule has 76 valence electrons. The number of hydrogen-bond donors (Lipinski definition) is 1. The SMILES string of the molecule is CC(C=O)CCCCCCC(=O)O. The summed E-state index contributed by atoms with van der Waals surface area (Å²) in [6.07, 6.45) is 5.94. The first-order valence-electron chi connectivity index (χ1n) is 4.84. The zero-order valence-electron chi connectivity index (χ0n) is 8.16. The van der Waals surface area contributed by atoms with Gasteiger partial charge in [-0.15, -0.1) is 0 Å². The largest absolute Gasteiger partial charge is 0.481 e. The summed E-state index contributed by atoms with van der Waals surface area (Å²) in [5.74, 6) is -0.569. The molecule has 0 aliphatic heterocycles. The first-order chi connectivity index (χ1) is 6.16. The number of hydrogen-bond acceptors (Lipinski definition) is 2. The molecule has 0 aromatic carbocycles. The second kappa shape index (κ2) is 7.77. The summed E-state index contributed by atoms with van der Waals surface area (Å²) in [7, 11) is 0. The molecule has 13 heavy (non-hydrogen) atoms. The van der Waals surface area contributed by atoms with Crippen LogP contribution in [0.5, 0.6) is 0 Å². The van der Waals surface area contributed by atoms with Gasteiger partial charge in [0, 0.05) is 12.3 Å². The number of carbonyl (C=O) groups excluding carboxylic acids is 1. The smallest absolute Gasteiger partial charge is 0.303 e. The van der Waals surface area contributed by atoms with E-state index in [0.717, 1.165) is 38.4 Å². The number of aliphatic carboxylic acids is 1. The van der Waals surface area contributed by atoms with Crippen molar-refractivity contribution < 1.29 is 14.7 Å². The lowest BCUT2D eigenvalue weighted by Crippen LogP contribution is -1.96. The Labute approximate surface area is 79.1 Å². The number of carboxylic acid groups (broad SMARTS) is 1. The van der Waals surface area contributed by atoms with Gasteiger partial charge >= 0.3 is 5.97 Å². The van der Waals surface area contributed by atoms with Gasteiger partial charge in [-0.1, -0.05) is 26.2 Å². The van der Waals surface area contributed by atoms with E-state index in [2.05, 4.69) is 0 Å². The Morgan fingerprint density at radius 2 is 1.92 bits per heavy atom.